The molecule has 1 amide bonds. The van der Waals surface area contributed by atoms with Gasteiger partial charge in [-0.15, -0.1) is 0 Å². The number of ketones is 1. The lowest BCUT2D eigenvalue weighted by Gasteiger charge is -2.03. The average Bonchev–Trinajstić information content (AvgIpc) is 2.30. The number of aromatic hydroxyl groups is 1. The Morgan fingerprint density at radius 2 is 1.81 bits per heavy atom. The highest BCUT2D eigenvalue weighted by Gasteiger charge is 2.11. The molecule has 0 radical (unpaired) electrons. The average molecular weight is 225 g/mol. The van der Waals surface area contributed by atoms with Crippen LogP contribution in [0.15, 0.2) is 18.2 Å². The van der Waals surface area contributed by atoms with E-state index in [-0.39, 0.29) is 17.1 Å². The van der Waals surface area contributed by atoms with Gasteiger partial charge in [0.1, 0.15) is 5.75 Å². The Morgan fingerprint density at radius 3 is 2.19 bits per heavy atom. The van der Waals surface area contributed by atoms with Crippen LogP contribution in [0.3, 0.4) is 0 Å². The maximum absolute atomic E-state index is 10.9. The second-order valence-corrected chi connectivity index (χ2v) is 2.73. The first kappa shape index (κ1) is 14.1. The monoisotopic (exact) mass is 225 g/mol. The molecule has 0 aliphatic heterocycles. The summed E-state index contributed by atoms with van der Waals surface area (Å²) >= 11 is 0. The van der Waals surface area contributed by atoms with E-state index < -0.39 is 5.91 Å². The molecular weight excluding hydrogens is 210 g/mol. The third-order valence-electron chi connectivity index (χ3n) is 1.75. The highest BCUT2D eigenvalue weighted by atomic mass is 16.5. The number of rotatable bonds is 2. The largest absolute Gasteiger partial charge is 0.507 e. The number of carbonyl (C=O) groups excluding carboxylic acids is 2. The molecule has 1 rings (SSSR count). The standard InChI is InChI=1S/C9H9NO4.C2H6/c1-5(11)6-2-3-7(8(12)4-6)9(13)10-14;1-2/h2-4,12,14H,1H3,(H,10,13);1-2H3. The Kier molecular flexibility index (Phi) is 5.80. The summed E-state index contributed by atoms with van der Waals surface area (Å²) in [6, 6.07) is 3.83. The molecule has 1 aromatic rings. The van der Waals surface area contributed by atoms with Gasteiger partial charge in [-0.2, -0.15) is 0 Å². The quantitative estimate of drug-likeness (QED) is 0.406. The third kappa shape index (κ3) is 3.36. The molecule has 1 aromatic carbocycles. The Bertz CT molecular complexity index is 388. The zero-order chi connectivity index (χ0) is 12.7. The smallest absolute Gasteiger partial charge is 0.278 e. The number of phenolic OH excluding ortho intramolecular Hbond substituents is 1. The molecule has 16 heavy (non-hydrogen) atoms. The van der Waals surface area contributed by atoms with Crippen molar-refractivity contribution < 1.29 is 19.9 Å². The van der Waals surface area contributed by atoms with Crippen LogP contribution in [-0.4, -0.2) is 22.0 Å². The minimum atomic E-state index is -0.822. The number of hydrogen-bond donors (Lipinski definition) is 3. The van der Waals surface area contributed by atoms with Crippen molar-refractivity contribution in [3.8, 4) is 5.75 Å². The molecular formula is C11H15NO4. The van der Waals surface area contributed by atoms with Crippen molar-refractivity contribution in [2.45, 2.75) is 20.8 Å². The van der Waals surface area contributed by atoms with Gasteiger partial charge in [0.25, 0.3) is 5.91 Å². The summed E-state index contributed by atoms with van der Waals surface area (Å²) in [6.07, 6.45) is 0. The van der Waals surface area contributed by atoms with Crippen molar-refractivity contribution in [3.63, 3.8) is 0 Å². The molecule has 0 spiro atoms. The van der Waals surface area contributed by atoms with Gasteiger partial charge in [-0.05, 0) is 19.1 Å². The van der Waals surface area contributed by atoms with E-state index in [9.17, 15) is 14.7 Å². The summed E-state index contributed by atoms with van der Waals surface area (Å²) < 4.78 is 0. The number of hydroxylamine groups is 1. The molecule has 0 unspecified atom stereocenters. The SMILES string of the molecule is CC.CC(=O)c1ccc(C(=O)NO)c(O)c1. The lowest BCUT2D eigenvalue weighted by Crippen LogP contribution is -2.18. The lowest BCUT2D eigenvalue weighted by molar-refractivity contribution is 0.0703. The Balaban J connectivity index is 0.00000106. The van der Waals surface area contributed by atoms with Crippen LogP contribution in [0.5, 0.6) is 5.75 Å². The van der Waals surface area contributed by atoms with Gasteiger partial charge < -0.3 is 5.11 Å². The Hall–Kier alpha value is -1.88. The van der Waals surface area contributed by atoms with Crippen LogP contribution >= 0.6 is 0 Å². The Morgan fingerprint density at radius 1 is 1.25 bits per heavy atom. The van der Waals surface area contributed by atoms with Crippen LogP contribution < -0.4 is 5.48 Å². The maximum Gasteiger partial charge on any atom is 0.278 e. The first-order valence-electron chi connectivity index (χ1n) is 4.84. The molecule has 3 N–H and O–H groups in total. The molecule has 0 atom stereocenters. The number of nitrogens with one attached hydrogen (secondary N) is 1. The molecule has 0 aliphatic rings. The predicted octanol–water partition coefficient (Wildman–Crippen LogP) is 1.74. The van der Waals surface area contributed by atoms with E-state index in [0.29, 0.717) is 5.56 Å². The van der Waals surface area contributed by atoms with Crippen molar-refractivity contribution in [2.75, 3.05) is 0 Å². The minimum Gasteiger partial charge on any atom is -0.507 e. The van der Waals surface area contributed by atoms with Crippen LogP contribution in [0.4, 0.5) is 0 Å². The zero-order valence-corrected chi connectivity index (χ0v) is 9.44. The summed E-state index contributed by atoms with van der Waals surface area (Å²) in [5, 5.41) is 17.6. The number of amides is 1. The number of Topliss-reactive ketones (excluding diaryl/α,β-unsaturated/α-hetero) is 1. The topological polar surface area (TPSA) is 86.6 Å². The normalized spacial score (nSPS) is 8.75. The number of carbonyl (C=O) groups is 2. The maximum atomic E-state index is 10.9. The van der Waals surface area contributed by atoms with Crippen LogP contribution in [0, 0.1) is 0 Å². The molecule has 0 saturated heterocycles. The van der Waals surface area contributed by atoms with E-state index in [1.807, 2.05) is 13.8 Å². The third-order valence-corrected chi connectivity index (χ3v) is 1.75. The summed E-state index contributed by atoms with van der Waals surface area (Å²) in [7, 11) is 0. The highest BCUT2D eigenvalue weighted by molar-refractivity contribution is 5.99. The van der Waals surface area contributed by atoms with Crippen molar-refractivity contribution in [1.29, 1.82) is 0 Å². The van der Waals surface area contributed by atoms with Gasteiger partial charge in [0.2, 0.25) is 0 Å². The Labute approximate surface area is 93.7 Å². The molecule has 0 bridgehead atoms. The van der Waals surface area contributed by atoms with Crippen LogP contribution in [0.2, 0.25) is 0 Å². The van der Waals surface area contributed by atoms with E-state index in [1.54, 1.807) is 0 Å². The molecule has 88 valence electrons. The lowest BCUT2D eigenvalue weighted by atomic mass is 10.1. The first-order chi connectivity index (χ1) is 7.56. The van der Waals surface area contributed by atoms with Crippen LogP contribution in [0.25, 0.3) is 0 Å². The summed E-state index contributed by atoms with van der Waals surface area (Å²) in [4.78, 5) is 21.8. The van der Waals surface area contributed by atoms with Gasteiger partial charge in [-0.3, -0.25) is 14.8 Å². The van der Waals surface area contributed by atoms with Gasteiger partial charge in [0, 0.05) is 5.56 Å². The van der Waals surface area contributed by atoms with Crippen LogP contribution in [-0.2, 0) is 0 Å². The van der Waals surface area contributed by atoms with Gasteiger partial charge in [-0.1, -0.05) is 19.9 Å². The van der Waals surface area contributed by atoms with Crippen molar-refractivity contribution in [2.24, 2.45) is 0 Å². The summed E-state index contributed by atoms with van der Waals surface area (Å²) in [5.41, 5.74) is 1.60. The van der Waals surface area contributed by atoms with E-state index in [1.165, 1.54) is 30.6 Å². The van der Waals surface area contributed by atoms with E-state index >= 15 is 0 Å². The summed E-state index contributed by atoms with van der Waals surface area (Å²) in [5.74, 6) is -1.38. The fraction of sp³-hybridized carbons (Fsp3) is 0.273. The van der Waals surface area contributed by atoms with Crippen molar-refractivity contribution in [1.82, 2.24) is 5.48 Å². The second-order valence-electron chi connectivity index (χ2n) is 2.73. The fourth-order valence-corrected chi connectivity index (χ4v) is 1.00. The minimum absolute atomic E-state index is 0.0856. The molecule has 0 fully saturated rings. The van der Waals surface area contributed by atoms with Gasteiger partial charge in [0.15, 0.2) is 5.78 Å². The molecule has 0 aromatic heterocycles. The summed E-state index contributed by atoms with van der Waals surface area (Å²) in [6.45, 7) is 5.35. The van der Waals surface area contributed by atoms with E-state index in [4.69, 9.17) is 5.21 Å². The van der Waals surface area contributed by atoms with Gasteiger partial charge >= 0.3 is 0 Å². The van der Waals surface area contributed by atoms with Crippen molar-refractivity contribution >= 4 is 11.7 Å². The molecule has 0 saturated carbocycles. The predicted molar refractivity (Wildman–Crippen MR) is 58.7 cm³/mol. The number of benzene rings is 1. The molecule has 0 aliphatic carbocycles. The number of phenols is 1. The molecule has 5 nitrogen and oxygen atoms in total. The second kappa shape index (κ2) is 6.58. The van der Waals surface area contributed by atoms with Crippen molar-refractivity contribution in [3.05, 3.63) is 29.3 Å². The van der Waals surface area contributed by atoms with Crippen LogP contribution in [0.1, 0.15) is 41.5 Å². The van der Waals surface area contributed by atoms with Gasteiger partial charge in [-0.25, -0.2) is 5.48 Å². The molecule has 5 heteroatoms. The highest BCUT2D eigenvalue weighted by Crippen LogP contribution is 2.18. The fourth-order valence-electron chi connectivity index (χ4n) is 1.00. The van der Waals surface area contributed by atoms with E-state index in [0.717, 1.165) is 0 Å². The van der Waals surface area contributed by atoms with E-state index in [2.05, 4.69) is 0 Å². The number of hydrogen-bond acceptors (Lipinski definition) is 4. The van der Waals surface area contributed by atoms with Gasteiger partial charge in [0.05, 0.1) is 5.56 Å². The first-order valence-corrected chi connectivity index (χ1v) is 4.84. The zero-order valence-electron chi connectivity index (χ0n) is 9.44. The molecule has 0 heterocycles.